The van der Waals surface area contributed by atoms with E-state index in [0.717, 1.165) is 21.6 Å². The summed E-state index contributed by atoms with van der Waals surface area (Å²) in [5, 5.41) is 10.6. The van der Waals surface area contributed by atoms with E-state index in [2.05, 4.69) is 38.9 Å². The van der Waals surface area contributed by atoms with Crippen molar-refractivity contribution in [2.75, 3.05) is 0 Å². The number of allylic oxidation sites excluding steroid dienone is 2. The van der Waals surface area contributed by atoms with E-state index in [9.17, 15) is 0 Å². The molecule has 1 heterocycles. The maximum Gasteiger partial charge on any atom is 0.211 e. The molecular weight excluding hydrogens is 406 g/mol. The van der Waals surface area contributed by atoms with Crippen LogP contribution in [-0.2, 0) is 6.54 Å². The van der Waals surface area contributed by atoms with Crippen molar-refractivity contribution >= 4 is 40.6 Å². The van der Waals surface area contributed by atoms with Crippen LogP contribution in [0.4, 0.5) is 0 Å². The van der Waals surface area contributed by atoms with Crippen molar-refractivity contribution in [3.8, 4) is 11.3 Å². The van der Waals surface area contributed by atoms with Gasteiger partial charge in [0.2, 0.25) is 4.80 Å². The third-order valence-electron chi connectivity index (χ3n) is 3.56. The summed E-state index contributed by atoms with van der Waals surface area (Å²) >= 11 is 1.58. The smallest absolute Gasteiger partial charge is 0.211 e. The average Bonchev–Trinajstić information content (AvgIpc) is 3.06. The Bertz CT molecular complexity index is 938. The van der Waals surface area contributed by atoms with Crippen molar-refractivity contribution in [1.29, 1.82) is 0 Å². The predicted molar refractivity (Wildman–Crippen MR) is 118 cm³/mol. The highest BCUT2D eigenvalue weighted by Gasteiger charge is 2.06. The first-order valence-electron chi connectivity index (χ1n) is 8.02. The van der Waals surface area contributed by atoms with E-state index < -0.39 is 0 Å². The Kier molecular flexibility index (Phi) is 7.99. The molecule has 0 N–H and O–H groups in total. The minimum atomic E-state index is 0. The van der Waals surface area contributed by atoms with Crippen molar-refractivity contribution in [2.45, 2.75) is 6.54 Å². The molecule has 0 aliphatic rings. The molecule has 1 aromatic heterocycles. The lowest BCUT2D eigenvalue weighted by Gasteiger charge is -2.05. The number of thiazole rings is 1. The third-order valence-corrected chi connectivity index (χ3v) is 4.42. The summed E-state index contributed by atoms with van der Waals surface area (Å²) in [6.07, 6.45) is 7.47. The molecule has 3 aromatic rings. The zero-order valence-electron chi connectivity index (χ0n) is 14.2. The molecule has 3 nitrogen and oxygen atoms in total. The molecule has 0 radical (unpaired) electrons. The average molecular weight is 426 g/mol. The normalized spacial score (nSPS) is 11.8. The molecule has 132 valence electrons. The number of rotatable bonds is 6. The summed E-state index contributed by atoms with van der Waals surface area (Å²) in [6, 6.07) is 20.4. The van der Waals surface area contributed by atoms with E-state index in [1.165, 1.54) is 0 Å². The van der Waals surface area contributed by atoms with Gasteiger partial charge in [-0.25, -0.2) is 0 Å². The van der Waals surface area contributed by atoms with Crippen LogP contribution in [0, 0.1) is 0 Å². The Balaban J connectivity index is 0.00000243. The van der Waals surface area contributed by atoms with E-state index >= 15 is 0 Å². The van der Waals surface area contributed by atoms with Crippen molar-refractivity contribution in [1.82, 2.24) is 4.57 Å². The van der Waals surface area contributed by atoms with Crippen LogP contribution in [0.2, 0.25) is 0 Å². The quantitative estimate of drug-likeness (QED) is 0.280. The number of aromatic nitrogens is 1. The first kappa shape index (κ1) is 19.8. The van der Waals surface area contributed by atoms with Gasteiger partial charge in [0.05, 0.1) is 5.69 Å². The maximum absolute atomic E-state index is 4.35. The van der Waals surface area contributed by atoms with E-state index in [4.69, 9.17) is 0 Å². The van der Waals surface area contributed by atoms with Crippen molar-refractivity contribution in [3.05, 3.63) is 95.1 Å². The second kappa shape index (κ2) is 10.5. The second-order valence-electron chi connectivity index (χ2n) is 5.30. The van der Waals surface area contributed by atoms with E-state index in [0.29, 0.717) is 6.54 Å². The Morgan fingerprint density at radius 3 is 2.38 bits per heavy atom. The van der Waals surface area contributed by atoms with Crippen molar-refractivity contribution in [2.24, 2.45) is 10.2 Å². The number of halogens is 1. The zero-order chi connectivity index (χ0) is 17.3. The van der Waals surface area contributed by atoms with Crippen LogP contribution in [-0.4, -0.2) is 10.8 Å². The molecule has 0 aliphatic heterocycles. The molecule has 0 saturated heterocycles. The minimum Gasteiger partial charge on any atom is -0.311 e. The number of nitrogens with zero attached hydrogens (tertiary/aromatic N) is 3. The first-order valence-corrected chi connectivity index (χ1v) is 8.90. The highest BCUT2D eigenvalue weighted by atomic mass is 79.9. The Hall–Kier alpha value is -2.50. The summed E-state index contributed by atoms with van der Waals surface area (Å²) in [6.45, 7) is 4.54. The highest BCUT2D eigenvalue weighted by molar-refractivity contribution is 8.93. The standard InChI is InChI=1S/C21H19N3S.BrH/c1-2-16-24-20(19-13-7-4-8-14-19)17-25-21(24)23-22-15-9-12-18-10-5-3-6-11-18;/h2-15,17H,1,16H2;1H/b12-9+,22-15+,23-21-;. The number of hydrogen-bond acceptors (Lipinski definition) is 3. The minimum absolute atomic E-state index is 0. The summed E-state index contributed by atoms with van der Waals surface area (Å²) in [5.74, 6) is 0. The van der Waals surface area contributed by atoms with Crippen LogP contribution in [0.25, 0.3) is 17.3 Å². The first-order chi connectivity index (χ1) is 12.4. The molecular formula is C21H20BrN3S. The van der Waals surface area contributed by atoms with E-state index in [1.807, 2.05) is 66.8 Å². The molecule has 0 unspecified atom stereocenters. The van der Waals surface area contributed by atoms with Gasteiger partial charge in [-0.15, -0.1) is 40.0 Å². The van der Waals surface area contributed by atoms with Gasteiger partial charge in [-0.05, 0) is 17.2 Å². The third kappa shape index (κ3) is 5.25. The van der Waals surface area contributed by atoms with E-state index in [1.54, 1.807) is 17.6 Å². The van der Waals surface area contributed by atoms with Gasteiger partial charge in [-0.1, -0.05) is 72.8 Å². The van der Waals surface area contributed by atoms with Gasteiger partial charge in [0.15, 0.2) is 0 Å². The molecule has 0 atom stereocenters. The topological polar surface area (TPSA) is 29.6 Å². The monoisotopic (exact) mass is 425 g/mol. The molecule has 5 heteroatoms. The van der Waals surface area contributed by atoms with Crippen molar-refractivity contribution in [3.63, 3.8) is 0 Å². The van der Waals surface area contributed by atoms with Gasteiger partial charge in [-0.2, -0.15) is 5.10 Å². The number of benzene rings is 2. The maximum atomic E-state index is 4.35. The zero-order valence-corrected chi connectivity index (χ0v) is 16.8. The fraction of sp³-hybridized carbons (Fsp3) is 0.0476. The molecule has 0 aliphatic carbocycles. The predicted octanol–water partition coefficient (Wildman–Crippen LogP) is 5.58. The lowest BCUT2D eigenvalue weighted by Crippen LogP contribution is -2.14. The molecule has 3 rings (SSSR count). The van der Waals surface area contributed by atoms with Gasteiger partial charge in [0.25, 0.3) is 0 Å². The Morgan fingerprint density at radius 1 is 1.00 bits per heavy atom. The van der Waals surface area contributed by atoms with Gasteiger partial charge in [0, 0.05) is 18.1 Å². The Morgan fingerprint density at radius 2 is 1.69 bits per heavy atom. The fourth-order valence-electron chi connectivity index (χ4n) is 2.39. The van der Waals surface area contributed by atoms with Crippen LogP contribution >= 0.6 is 28.3 Å². The largest absolute Gasteiger partial charge is 0.311 e. The van der Waals surface area contributed by atoms with Gasteiger partial charge in [-0.3, -0.25) is 0 Å². The molecule has 0 saturated carbocycles. The second-order valence-corrected chi connectivity index (χ2v) is 6.14. The summed E-state index contributed by atoms with van der Waals surface area (Å²) in [4.78, 5) is 0.850. The van der Waals surface area contributed by atoms with Gasteiger partial charge in [0.1, 0.15) is 0 Å². The molecule has 26 heavy (non-hydrogen) atoms. The summed E-state index contributed by atoms with van der Waals surface area (Å²) in [5.41, 5.74) is 3.42. The molecule has 2 aromatic carbocycles. The SMILES string of the molecule is Br.C=CCn1c(-c2ccccc2)cs\c1=N/N=C/C=C/c1ccccc1. The van der Waals surface area contributed by atoms with Crippen LogP contribution < -0.4 is 4.80 Å². The molecule has 0 amide bonds. The van der Waals surface area contributed by atoms with Crippen molar-refractivity contribution < 1.29 is 0 Å². The van der Waals surface area contributed by atoms with Gasteiger partial charge >= 0.3 is 0 Å². The Labute approximate surface area is 168 Å². The summed E-state index contributed by atoms with van der Waals surface area (Å²) < 4.78 is 2.12. The van der Waals surface area contributed by atoms with Crippen LogP contribution in [0.5, 0.6) is 0 Å². The molecule has 0 bridgehead atoms. The lowest BCUT2D eigenvalue weighted by molar-refractivity contribution is 0.789. The highest BCUT2D eigenvalue weighted by Crippen LogP contribution is 2.19. The van der Waals surface area contributed by atoms with Gasteiger partial charge < -0.3 is 4.57 Å². The lowest BCUT2D eigenvalue weighted by atomic mass is 10.2. The van der Waals surface area contributed by atoms with E-state index in [-0.39, 0.29) is 17.0 Å². The summed E-state index contributed by atoms with van der Waals surface area (Å²) in [7, 11) is 0. The number of hydrogen-bond donors (Lipinski definition) is 0. The molecule has 0 spiro atoms. The fourth-order valence-corrected chi connectivity index (χ4v) is 3.27. The van der Waals surface area contributed by atoms with Crippen LogP contribution in [0.1, 0.15) is 5.56 Å². The van der Waals surface area contributed by atoms with Crippen LogP contribution in [0.3, 0.4) is 0 Å². The van der Waals surface area contributed by atoms with Crippen LogP contribution in [0.15, 0.2) is 95.0 Å². The molecule has 0 fully saturated rings.